The molecule has 0 aliphatic carbocycles. The van der Waals surface area contributed by atoms with Crippen molar-refractivity contribution >= 4 is 51.4 Å². The summed E-state index contributed by atoms with van der Waals surface area (Å²) in [5, 5.41) is 16.5. The van der Waals surface area contributed by atoms with E-state index in [1.54, 1.807) is 6.08 Å². The number of fused-ring (bicyclic) bond motifs is 1. The molecule has 1 N–H and O–H groups in total. The van der Waals surface area contributed by atoms with E-state index in [4.69, 9.17) is 17.0 Å². The zero-order valence-corrected chi connectivity index (χ0v) is 19.8. The molecule has 1 aromatic heterocycles. The number of carbonyl (C=O) groups is 1. The summed E-state index contributed by atoms with van der Waals surface area (Å²) >= 11 is 7.48. The molecule has 1 amide bonds. The number of thioether (sulfide) groups is 1. The fourth-order valence-corrected chi connectivity index (χ4v) is 5.06. The summed E-state index contributed by atoms with van der Waals surface area (Å²) in [5.74, 6) is -0.417. The minimum atomic E-state index is -0.438. The van der Waals surface area contributed by atoms with Crippen LogP contribution in [0.3, 0.4) is 0 Å². The molecule has 0 radical (unpaired) electrons. The third-order valence-electron chi connectivity index (χ3n) is 5.56. The summed E-state index contributed by atoms with van der Waals surface area (Å²) in [6, 6.07) is 17.6. The number of nitrogens with one attached hydrogen (secondary N) is 1. The average Bonchev–Trinajstić information content (AvgIpc) is 3.31. The van der Waals surface area contributed by atoms with E-state index in [1.807, 2.05) is 75.4 Å². The summed E-state index contributed by atoms with van der Waals surface area (Å²) in [5.41, 5.74) is 5.98. The van der Waals surface area contributed by atoms with E-state index in [-0.39, 0.29) is 11.4 Å². The van der Waals surface area contributed by atoms with Gasteiger partial charge in [-0.2, -0.15) is 15.1 Å². The Balaban J connectivity index is 1.52. The van der Waals surface area contributed by atoms with Crippen LogP contribution < -0.4 is 0 Å². The van der Waals surface area contributed by atoms with Gasteiger partial charge in [0.25, 0.3) is 5.91 Å². The van der Waals surface area contributed by atoms with Crippen LogP contribution in [0.25, 0.3) is 11.8 Å². The van der Waals surface area contributed by atoms with Crippen molar-refractivity contribution in [2.24, 2.45) is 10.1 Å². The second-order valence-electron chi connectivity index (χ2n) is 7.94. The second kappa shape index (κ2) is 8.17. The predicted octanol–water partition coefficient (Wildman–Crippen LogP) is 5.72. The minimum Gasteiger partial charge on any atom is -0.318 e. The van der Waals surface area contributed by atoms with Crippen molar-refractivity contribution in [2.45, 2.75) is 20.8 Å². The van der Waals surface area contributed by atoms with E-state index in [0.29, 0.717) is 10.2 Å². The van der Waals surface area contributed by atoms with Gasteiger partial charge in [0.1, 0.15) is 5.04 Å². The standard InChI is InChI=1S/C25H20ClN5OS/c1-14-6-4-7-17(10-14)24-29-31-22(27)21(23(32)28-25(31)33-24)12-18-11-15(2)30(16(18)3)20-9-5-8-19(26)13-20/h4-13,27H,1-3H3/b21-12+,27-22?. The van der Waals surface area contributed by atoms with Gasteiger partial charge in [0, 0.05) is 27.7 Å². The van der Waals surface area contributed by atoms with Gasteiger partial charge < -0.3 is 4.57 Å². The van der Waals surface area contributed by atoms with Gasteiger partial charge in [0.2, 0.25) is 5.17 Å². The highest BCUT2D eigenvalue weighted by molar-refractivity contribution is 8.27. The Morgan fingerprint density at radius 2 is 1.85 bits per heavy atom. The number of rotatable bonds is 3. The van der Waals surface area contributed by atoms with Gasteiger partial charge in [-0.15, -0.1) is 0 Å². The number of amides is 1. The smallest absolute Gasteiger partial charge is 0.283 e. The molecule has 2 aliphatic rings. The lowest BCUT2D eigenvalue weighted by Gasteiger charge is -2.20. The van der Waals surface area contributed by atoms with Crippen molar-refractivity contribution in [3.05, 3.63) is 93.3 Å². The van der Waals surface area contributed by atoms with Gasteiger partial charge in [0.15, 0.2) is 5.84 Å². The number of aromatic nitrogens is 1. The maximum atomic E-state index is 12.9. The molecule has 0 spiro atoms. The second-order valence-corrected chi connectivity index (χ2v) is 9.33. The molecule has 0 saturated heterocycles. The van der Waals surface area contributed by atoms with Gasteiger partial charge >= 0.3 is 0 Å². The van der Waals surface area contributed by atoms with E-state index in [0.717, 1.165) is 38.8 Å². The molecule has 8 heteroatoms. The van der Waals surface area contributed by atoms with Gasteiger partial charge in [0.05, 0.1) is 5.57 Å². The lowest BCUT2D eigenvalue weighted by atomic mass is 10.1. The first-order valence-corrected chi connectivity index (χ1v) is 11.5. The number of hydrogen-bond donors (Lipinski definition) is 1. The Hall–Kier alpha value is -3.42. The van der Waals surface area contributed by atoms with Crippen molar-refractivity contribution < 1.29 is 4.79 Å². The molecule has 6 nitrogen and oxygen atoms in total. The fourth-order valence-electron chi connectivity index (χ4n) is 3.99. The normalized spacial score (nSPS) is 16.8. The predicted molar refractivity (Wildman–Crippen MR) is 136 cm³/mol. The molecule has 3 heterocycles. The Morgan fingerprint density at radius 1 is 1.06 bits per heavy atom. The first-order valence-electron chi connectivity index (χ1n) is 10.3. The van der Waals surface area contributed by atoms with E-state index >= 15 is 0 Å². The summed E-state index contributed by atoms with van der Waals surface area (Å²) in [6.45, 7) is 5.99. The average molecular weight is 474 g/mol. The number of aryl methyl sites for hydroxylation is 2. The Bertz CT molecular complexity index is 1430. The van der Waals surface area contributed by atoms with Crippen LogP contribution in [-0.2, 0) is 4.79 Å². The topological polar surface area (TPSA) is 73.8 Å². The lowest BCUT2D eigenvalue weighted by Crippen LogP contribution is -2.35. The largest absolute Gasteiger partial charge is 0.318 e. The molecule has 0 saturated carbocycles. The quantitative estimate of drug-likeness (QED) is 0.494. The monoisotopic (exact) mass is 473 g/mol. The van der Waals surface area contributed by atoms with Gasteiger partial charge in [-0.05, 0) is 74.5 Å². The van der Waals surface area contributed by atoms with Crippen LogP contribution in [0.5, 0.6) is 0 Å². The van der Waals surface area contributed by atoms with Crippen molar-refractivity contribution in [3.63, 3.8) is 0 Å². The minimum absolute atomic E-state index is 0.0210. The van der Waals surface area contributed by atoms with Crippen LogP contribution in [0.1, 0.15) is 28.1 Å². The molecule has 0 unspecified atom stereocenters. The van der Waals surface area contributed by atoms with Crippen LogP contribution >= 0.6 is 23.4 Å². The molecule has 0 atom stereocenters. The zero-order valence-electron chi connectivity index (χ0n) is 18.3. The first-order chi connectivity index (χ1) is 15.8. The van der Waals surface area contributed by atoms with Crippen molar-refractivity contribution in [2.75, 3.05) is 0 Å². The van der Waals surface area contributed by atoms with E-state index < -0.39 is 5.91 Å². The van der Waals surface area contributed by atoms with Gasteiger partial charge in [-0.3, -0.25) is 10.2 Å². The molecule has 2 aliphatic heterocycles. The number of carbonyl (C=O) groups excluding carboxylic acids is 1. The number of hydrogen-bond acceptors (Lipinski definition) is 4. The molecule has 0 fully saturated rings. The summed E-state index contributed by atoms with van der Waals surface area (Å²) < 4.78 is 2.07. The number of aliphatic imine (C=N–C) groups is 1. The highest BCUT2D eigenvalue weighted by atomic mass is 35.5. The van der Waals surface area contributed by atoms with Crippen LogP contribution in [-0.4, -0.2) is 31.5 Å². The van der Waals surface area contributed by atoms with E-state index in [2.05, 4.69) is 14.7 Å². The number of hydrazone groups is 1. The van der Waals surface area contributed by atoms with Crippen LogP contribution in [0.2, 0.25) is 5.02 Å². The maximum Gasteiger partial charge on any atom is 0.283 e. The van der Waals surface area contributed by atoms with Crippen molar-refractivity contribution in [1.29, 1.82) is 5.41 Å². The number of amidine groups is 2. The van der Waals surface area contributed by atoms with Crippen molar-refractivity contribution in [3.8, 4) is 5.69 Å². The zero-order chi connectivity index (χ0) is 23.3. The number of nitrogens with zero attached hydrogens (tertiary/aromatic N) is 4. The Kier molecular flexibility index (Phi) is 5.31. The lowest BCUT2D eigenvalue weighted by molar-refractivity contribution is -0.114. The third kappa shape index (κ3) is 3.83. The number of halogens is 1. The molecule has 164 valence electrons. The fraction of sp³-hybridized carbons (Fsp3) is 0.120. The molecule has 0 bridgehead atoms. The van der Waals surface area contributed by atoms with Crippen molar-refractivity contribution in [1.82, 2.24) is 9.58 Å². The van der Waals surface area contributed by atoms with E-state index in [9.17, 15) is 4.79 Å². The van der Waals surface area contributed by atoms with Gasteiger partial charge in [-0.1, -0.05) is 41.4 Å². The number of benzene rings is 2. The molecule has 2 aromatic carbocycles. The molecule has 33 heavy (non-hydrogen) atoms. The summed E-state index contributed by atoms with van der Waals surface area (Å²) in [4.78, 5) is 17.1. The van der Waals surface area contributed by atoms with Gasteiger partial charge in [-0.25, -0.2) is 0 Å². The van der Waals surface area contributed by atoms with Crippen LogP contribution in [0, 0.1) is 26.2 Å². The third-order valence-corrected chi connectivity index (χ3v) is 6.75. The summed E-state index contributed by atoms with van der Waals surface area (Å²) in [6.07, 6.45) is 1.72. The highest BCUT2D eigenvalue weighted by Crippen LogP contribution is 2.32. The molecular formula is C25H20ClN5OS. The SMILES string of the molecule is Cc1cccc(C2=NN3C(=N)/C(=C\c4cc(C)n(-c5cccc(Cl)c5)c4C)C(=O)N=C3S2)c1. The Labute approximate surface area is 200 Å². The molecule has 3 aromatic rings. The summed E-state index contributed by atoms with van der Waals surface area (Å²) in [7, 11) is 0. The first kappa shape index (κ1) is 21.4. The molecule has 5 rings (SSSR count). The molecular weight excluding hydrogens is 454 g/mol. The Morgan fingerprint density at radius 3 is 2.61 bits per heavy atom. The van der Waals surface area contributed by atoms with E-state index in [1.165, 1.54) is 16.8 Å². The maximum absolute atomic E-state index is 12.9. The van der Waals surface area contributed by atoms with Crippen LogP contribution in [0.4, 0.5) is 0 Å². The van der Waals surface area contributed by atoms with Crippen LogP contribution in [0.15, 0.2) is 70.3 Å². The highest BCUT2D eigenvalue weighted by Gasteiger charge is 2.36.